The van der Waals surface area contributed by atoms with Crippen LogP contribution in [-0.2, 0) is 6.54 Å². The van der Waals surface area contributed by atoms with Gasteiger partial charge in [-0.05, 0) is 44.4 Å². The highest BCUT2D eigenvalue weighted by Crippen LogP contribution is 2.27. The largest absolute Gasteiger partial charge is 0.351 e. The van der Waals surface area contributed by atoms with Crippen LogP contribution in [0.4, 0.5) is 10.9 Å². The maximum absolute atomic E-state index is 12.4. The molecular weight excluding hydrogens is 436 g/mol. The summed E-state index contributed by atoms with van der Waals surface area (Å²) in [7, 11) is 0. The van der Waals surface area contributed by atoms with E-state index < -0.39 is 0 Å². The first-order chi connectivity index (χ1) is 16.2. The molecule has 4 rings (SSSR count). The average molecular weight is 465 g/mol. The lowest BCUT2D eigenvalue weighted by molar-refractivity contribution is 0.0948. The summed E-state index contributed by atoms with van der Waals surface area (Å²) >= 11 is 1.39. The van der Waals surface area contributed by atoms with Crippen LogP contribution in [0, 0.1) is 11.3 Å². The molecule has 172 valence electrons. The fourth-order valence-electron chi connectivity index (χ4n) is 3.96. The molecule has 3 aromatic rings. The number of hydrogen-bond donors (Lipinski definition) is 2. The van der Waals surface area contributed by atoms with Crippen molar-refractivity contribution in [3.63, 3.8) is 0 Å². The number of piperidine rings is 1. The highest BCUT2D eigenvalue weighted by molar-refractivity contribution is 7.14. The number of anilines is 2. The van der Waals surface area contributed by atoms with E-state index in [2.05, 4.69) is 31.6 Å². The van der Waals surface area contributed by atoms with Gasteiger partial charge in [0.15, 0.2) is 5.13 Å². The van der Waals surface area contributed by atoms with Crippen LogP contribution in [0.1, 0.15) is 47.8 Å². The SMILES string of the molecule is N#CCN1CCC[C@@H](c2cccc(Nc3nc(C(=O)NCCCCn4ccnc4)cs3)n2)C1. The van der Waals surface area contributed by atoms with Crippen molar-refractivity contribution in [1.82, 2.24) is 29.7 Å². The molecule has 1 atom stereocenters. The minimum atomic E-state index is -0.163. The predicted molar refractivity (Wildman–Crippen MR) is 127 cm³/mol. The van der Waals surface area contributed by atoms with Crippen LogP contribution in [0.25, 0.3) is 0 Å². The molecule has 1 fully saturated rings. The zero-order chi connectivity index (χ0) is 22.9. The maximum Gasteiger partial charge on any atom is 0.270 e. The van der Waals surface area contributed by atoms with E-state index in [1.165, 1.54) is 11.3 Å². The minimum absolute atomic E-state index is 0.163. The van der Waals surface area contributed by atoms with Crippen LogP contribution in [0.3, 0.4) is 0 Å². The van der Waals surface area contributed by atoms with Gasteiger partial charge >= 0.3 is 0 Å². The van der Waals surface area contributed by atoms with E-state index in [-0.39, 0.29) is 5.91 Å². The molecule has 1 aliphatic rings. The number of imidazole rings is 1. The fraction of sp³-hybridized carbons (Fsp3) is 0.435. The van der Waals surface area contributed by atoms with Gasteiger partial charge in [0.1, 0.15) is 11.5 Å². The molecule has 0 saturated carbocycles. The Morgan fingerprint density at radius 1 is 1.30 bits per heavy atom. The average Bonchev–Trinajstić information content (AvgIpc) is 3.52. The predicted octanol–water partition coefficient (Wildman–Crippen LogP) is 3.39. The van der Waals surface area contributed by atoms with Crippen molar-refractivity contribution in [2.45, 2.75) is 38.1 Å². The molecule has 10 heteroatoms. The number of aryl methyl sites for hydroxylation is 1. The topological polar surface area (TPSA) is 112 Å². The lowest BCUT2D eigenvalue weighted by Crippen LogP contribution is -2.34. The second-order valence-corrected chi connectivity index (χ2v) is 8.96. The zero-order valence-corrected chi connectivity index (χ0v) is 19.3. The normalized spacial score (nSPS) is 16.3. The van der Waals surface area contributed by atoms with Crippen molar-refractivity contribution in [3.05, 3.63) is 53.7 Å². The maximum atomic E-state index is 12.4. The quantitative estimate of drug-likeness (QED) is 0.349. The first-order valence-corrected chi connectivity index (χ1v) is 12.1. The monoisotopic (exact) mass is 464 g/mol. The molecule has 0 unspecified atom stereocenters. The molecule has 0 bridgehead atoms. The van der Waals surface area contributed by atoms with Crippen molar-refractivity contribution in [3.8, 4) is 6.07 Å². The number of nitrogens with one attached hydrogen (secondary N) is 2. The Morgan fingerprint density at radius 3 is 3.09 bits per heavy atom. The van der Waals surface area contributed by atoms with Gasteiger partial charge in [0.25, 0.3) is 5.91 Å². The number of aromatic nitrogens is 4. The van der Waals surface area contributed by atoms with Crippen LogP contribution in [0.2, 0.25) is 0 Å². The van der Waals surface area contributed by atoms with Gasteiger partial charge in [-0.15, -0.1) is 11.3 Å². The molecule has 0 aromatic carbocycles. The standard InChI is InChI=1S/C23H28N8OS/c24-8-13-30-12-4-5-18(15-30)19-6-3-7-21(27-19)29-23-28-20(16-33-23)22(32)26-9-1-2-11-31-14-10-25-17-31/h3,6-7,10,14,16-18H,1-2,4-5,9,11-13,15H2,(H,26,32)(H,27,28,29)/t18-/m1/s1. The van der Waals surface area contributed by atoms with Gasteiger partial charge in [0.2, 0.25) is 0 Å². The van der Waals surface area contributed by atoms with Crippen LogP contribution in [0.15, 0.2) is 42.3 Å². The van der Waals surface area contributed by atoms with Gasteiger partial charge in [0.05, 0.1) is 18.9 Å². The van der Waals surface area contributed by atoms with Gasteiger partial charge in [-0.25, -0.2) is 15.0 Å². The summed E-state index contributed by atoms with van der Waals surface area (Å²) in [6.07, 6.45) is 9.50. The molecule has 2 N–H and O–H groups in total. The Kier molecular flexibility index (Phi) is 8.00. The van der Waals surface area contributed by atoms with Gasteiger partial charge in [0, 0.05) is 49.0 Å². The third kappa shape index (κ3) is 6.60. The number of pyridine rings is 1. The fourth-order valence-corrected chi connectivity index (χ4v) is 4.66. The summed E-state index contributed by atoms with van der Waals surface area (Å²) in [4.78, 5) is 27.8. The molecule has 1 amide bonds. The van der Waals surface area contributed by atoms with Crippen molar-refractivity contribution >= 4 is 28.2 Å². The Bertz CT molecular complexity index is 1070. The van der Waals surface area contributed by atoms with E-state index in [9.17, 15) is 4.79 Å². The number of thiazole rings is 1. The second-order valence-electron chi connectivity index (χ2n) is 8.11. The first kappa shape index (κ1) is 22.9. The molecule has 3 aromatic heterocycles. The number of carbonyl (C=O) groups is 1. The van der Waals surface area contributed by atoms with E-state index in [4.69, 9.17) is 10.2 Å². The van der Waals surface area contributed by atoms with Crippen LogP contribution < -0.4 is 10.6 Å². The summed E-state index contributed by atoms with van der Waals surface area (Å²) in [5.41, 5.74) is 1.43. The zero-order valence-electron chi connectivity index (χ0n) is 18.5. The van der Waals surface area contributed by atoms with Crippen LogP contribution >= 0.6 is 11.3 Å². The summed E-state index contributed by atoms with van der Waals surface area (Å²) in [6.45, 7) is 3.79. The molecule has 0 aliphatic carbocycles. The Labute approximate surface area is 197 Å². The van der Waals surface area contributed by atoms with Crippen molar-refractivity contribution in [2.75, 3.05) is 31.5 Å². The number of likely N-dealkylation sites (tertiary alicyclic amines) is 1. The van der Waals surface area contributed by atoms with Gasteiger partial charge in [-0.1, -0.05) is 6.07 Å². The smallest absolute Gasteiger partial charge is 0.270 e. The number of hydrogen-bond acceptors (Lipinski definition) is 8. The van der Waals surface area contributed by atoms with Crippen LogP contribution in [-0.4, -0.2) is 56.5 Å². The summed E-state index contributed by atoms with van der Waals surface area (Å²) in [5, 5.41) is 17.5. The second kappa shape index (κ2) is 11.5. The summed E-state index contributed by atoms with van der Waals surface area (Å²) in [6, 6.07) is 8.17. The minimum Gasteiger partial charge on any atom is -0.351 e. The Balaban J connectivity index is 1.26. The van der Waals surface area contributed by atoms with Gasteiger partial charge in [-0.3, -0.25) is 9.69 Å². The lowest BCUT2D eigenvalue weighted by Gasteiger charge is -2.30. The Morgan fingerprint density at radius 2 is 2.24 bits per heavy atom. The van der Waals surface area contributed by atoms with E-state index in [0.29, 0.717) is 35.7 Å². The number of unbranched alkanes of at least 4 members (excludes halogenated alkanes) is 1. The molecule has 9 nitrogen and oxygen atoms in total. The van der Waals surface area contributed by atoms with Crippen molar-refractivity contribution < 1.29 is 4.79 Å². The lowest BCUT2D eigenvalue weighted by atomic mass is 9.94. The van der Waals surface area contributed by atoms with Gasteiger partial charge in [-0.2, -0.15) is 5.26 Å². The molecule has 33 heavy (non-hydrogen) atoms. The Hall–Kier alpha value is -3.29. The number of amides is 1. The first-order valence-electron chi connectivity index (χ1n) is 11.2. The van der Waals surface area contributed by atoms with E-state index in [1.54, 1.807) is 17.9 Å². The molecule has 0 radical (unpaired) electrons. The number of carbonyl (C=O) groups excluding carboxylic acids is 1. The summed E-state index contributed by atoms with van der Waals surface area (Å²) in [5.74, 6) is 0.870. The molecule has 1 saturated heterocycles. The third-order valence-corrected chi connectivity index (χ3v) is 6.41. The molecular formula is C23H28N8OS. The number of rotatable bonds is 10. The number of nitrogens with zero attached hydrogens (tertiary/aromatic N) is 6. The van der Waals surface area contributed by atoms with E-state index >= 15 is 0 Å². The third-order valence-electron chi connectivity index (χ3n) is 5.65. The molecule has 0 spiro atoms. The van der Waals surface area contributed by atoms with E-state index in [1.807, 2.05) is 29.0 Å². The highest BCUT2D eigenvalue weighted by atomic mass is 32.1. The summed E-state index contributed by atoms with van der Waals surface area (Å²) < 4.78 is 2.03. The highest BCUT2D eigenvalue weighted by Gasteiger charge is 2.22. The van der Waals surface area contributed by atoms with Crippen molar-refractivity contribution in [2.24, 2.45) is 0 Å². The molecule has 4 heterocycles. The van der Waals surface area contributed by atoms with Gasteiger partial charge < -0.3 is 15.2 Å². The number of nitriles is 1. The van der Waals surface area contributed by atoms with Crippen molar-refractivity contribution in [1.29, 1.82) is 5.26 Å². The van der Waals surface area contributed by atoms with Crippen LogP contribution in [0.5, 0.6) is 0 Å². The van der Waals surface area contributed by atoms with E-state index in [0.717, 1.165) is 51.0 Å². The molecule has 1 aliphatic heterocycles.